The van der Waals surface area contributed by atoms with Gasteiger partial charge in [0.2, 0.25) is 0 Å². The minimum absolute atomic E-state index is 0.0155. The topological polar surface area (TPSA) is 46.5 Å². The van der Waals surface area contributed by atoms with Crippen molar-refractivity contribution < 1.29 is 14.3 Å². The number of ketones is 1. The first-order valence-corrected chi connectivity index (χ1v) is 12.7. The van der Waals surface area contributed by atoms with E-state index in [9.17, 15) is 9.90 Å². The largest absolute Gasteiger partial charge is 0.410 e. The Kier molecular flexibility index (Phi) is 6.38. The molecule has 4 atom stereocenters. The monoisotopic (exact) mass is 366 g/mol. The van der Waals surface area contributed by atoms with Gasteiger partial charge in [-0.05, 0) is 60.4 Å². The second-order valence-corrected chi connectivity index (χ2v) is 13.6. The summed E-state index contributed by atoms with van der Waals surface area (Å²) in [6.07, 6.45) is 1.61. The van der Waals surface area contributed by atoms with Crippen LogP contribution in [0.2, 0.25) is 18.1 Å². The maximum absolute atomic E-state index is 12.7. The number of fused-ring (bicyclic) bond motifs is 2. The summed E-state index contributed by atoms with van der Waals surface area (Å²) in [4.78, 5) is 12.7. The van der Waals surface area contributed by atoms with E-state index in [4.69, 9.17) is 4.43 Å². The van der Waals surface area contributed by atoms with Gasteiger partial charge in [-0.1, -0.05) is 41.5 Å². The van der Waals surface area contributed by atoms with Crippen LogP contribution in [0.4, 0.5) is 0 Å². The molecule has 0 aromatic heterocycles. The number of aliphatic hydroxyl groups excluding tert-OH is 1. The zero-order valence-electron chi connectivity index (χ0n) is 17.3. The number of aliphatic hydroxyl groups is 1. The predicted octanol–water partition coefficient (Wildman–Crippen LogP) is 5.10. The van der Waals surface area contributed by atoms with Crippen molar-refractivity contribution in [2.45, 2.75) is 98.1 Å². The van der Waals surface area contributed by atoms with E-state index in [1.54, 1.807) is 0 Å². The highest BCUT2D eigenvalue weighted by molar-refractivity contribution is 6.73. The van der Waals surface area contributed by atoms with Gasteiger partial charge >= 0.3 is 0 Å². The van der Waals surface area contributed by atoms with Crippen molar-refractivity contribution >= 4 is 14.1 Å². The molecule has 2 aliphatic carbocycles. The summed E-state index contributed by atoms with van der Waals surface area (Å²) >= 11 is 0. The molecule has 0 spiro atoms. The highest BCUT2D eigenvalue weighted by Gasteiger charge is 2.48. The van der Waals surface area contributed by atoms with Crippen LogP contribution < -0.4 is 0 Å². The molecule has 0 heterocycles. The Bertz CT molecular complexity index is 525. The van der Waals surface area contributed by atoms with Crippen LogP contribution in [0.5, 0.6) is 0 Å². The van der Waals surface area contributed by atoms with Crippen molar-refractivity contribution in [3.8, 4) is 0 Å². The second-order valence-electron chi connectivity index (χ2n) is 8.92. The Balaban J connectivity index is 2.53. The van der Waals surface area contributed by atoms with Gasteiger partial charge < -0.3 is 9.53 Å². The summed E-state index contributed by atoms with van der Waals surface area (Å²) in [5, 5.41) is 10.7. The highest BCUT2D eigenvalue weighted by Crippen LogP contribution is 2.51. The van der Waals surface area contributed by atoms with E-state index in [2.05, 4.69) is 48.5 Å². The number of carbonyl (C=O) groups is 1. The van der Waals surface area contributed by atoms with Crippen molar-refractivity contribution in [3.05, 3.63) is 11.1 Å². The molecule has 4 heteroatoms. The van der Waals surface area contributed by atoms with Crippen molar-refractivity contribution in [1.82, 2.24) is 0 Å². The summed E-state index contributed by atoms with van der Waals surface area (Å²) in [5.74, 6) is 0.594. The fourth-order valence-corrected chi connectivity index (χ4v) is 7.90. The third-order valence-electron chi connectivity index (χ3n) is 7.36. The molecule has 3 nitrogen and oxygen atoms in total. The zero-order chi connectivity index (χ0) is 19.0. The minimum Gasteiger partial charge on any atom is -0.410 e. The first-order valence-electron chi connectivity index (χ1n) is 10.2. The van der Waals surface area contributed by atoms with Gasteiger partial charge in [-0.3, -0.25) is 4.79 Å². The summed E-state index contributed by atoms with van der Waals surface area (Å²) in [7, 11) is -1.79. The molecule has 2 bridgehead atoms. The van der Waals surface area contributed by atoms with Crippen LogP contribution in [-0.4, -0.2) is 31.4 Å². The first-order chi connectivity index (χ1) is 11.6. The van der Waals surface area contributed by atoms with E-state index in [1.165, 1.54) is 5.57 Å². The quantitative estimate of drug-likeness (QED) is 0.544. The molecule has 1 N–H and O–H groups in total. The van der Waals surface area contributed by atoms with Crippen molar-refractivity contribution in [2.24, 2.45) is 17.3 Å². The van der Waals surface area contributed by atoms with E-state index in [0.717, 1.165) is 30.1 Å². The van der Waals surface area contributed by atoms with E-state index < -0.39 is 14.4 Å². The lowest BCUT2D eigenvalue weighted by Crippen LogP contribution is -2.49. The molecule has 0 unspecified atom stereocenters. The SMILES string of the molecule is CC[Si](CC)(CC)O[C@@H]1C[C@@H](C)C(=O)C[C@@H]2C[C@H](O)C(C)=C1C2(C)C. The molecule has 2 rings (SSSR count). The Morgan fingerprint density at radius 3 is 2.24 bits per heavy atom. The van der Waals surface area contributed by atoms with E-state index in [0.29, 0.717) is 18.6 Å². The van der Waals surface area contributed by atoms with Crippen molar-refractivity contribution in [1.29, 1.82) is 0 Å². The van der Waals surface area contributed by atoms with E-state index in [1.807, 2.05) is 0 Å². The van der Waals surface area contributed by atoms with Crippen LogP contribution in [-0.2, 0) is 9.22 Å². The van der Waals surface area contributed by atoms with Gasteiger partial charge in [-0.2, -0.15) is 0 Å². The summed E-state index contributed by atoms with van der Waals surface area (Å²) in [6, 6.07) is 3.33. The Morgan fingerprint density at radius 1 is 1.16 bits per heavy atom. The molecule has 1 saturated carbocycles. The number of carbonyl (C=O) groups excluding carboxylic acids is 1. The third-order valence-corrected chi connectivity index (χ3v) is 12.0. The Labute approximate surface area is 155 Å². The second kappa shape index (κ2) is 7.65. The molecule has 144 valence electrons. The highest BCUT2D eigenvalue weighted by atomic mass is 28.4. The van der Waals surface area contributed by atoms with Crippen LogP contribution in [0.25, 0.3) is 0 Å². The molecular weight excluding hydrogens is 328 g/mol. The lowest BCUT2D eigenvalue weighted by Gasteiger charge is -2.50. The van der Waals surface area contributed by atoms with Crippen LogP contribution >= 0.6 is 0 Å². The molecule has 0 saturated heterocycles. The molecule has 25 heavy (non-hydrogen) atoms. The molecule has 0 radical (unpaired) electrons. The number of Topliss-reactive ketones (excluding diaryl/α,β-unsaturated/α-hetero) is 1. The van der Waals surface area contributed by atoms with E-state index in [-0.39, 0.29) is 23.4 Å². The number of hydrogen-bond acceptors (Lipinski definition) is 3. The van der Waals surface area contributed by atoms with Gasteiger partial charge in [0, 0.05) is 12.3 Å². The molecule has 2 aliphatic rings. The lowest BCUT2D eigenvalue weighted by atomic mass is 9.59. The van der Waals surface area contributed by atoms with E-state index >= 15 is 0 Å². The third kappa shape index (κ3) is 3.81. The normalized spacial score (nSPS) is 33.2. The van der Waals surface area contributed by atoms with Gasteiger partial charge in [0.1, 0.15) is 5.78 Å². The fraction of sp³-hybridized carbons (Fsp3) is 0.857. The standard InChI is InChI=1S/C21H38O3Si/c1-8-25(9-2,10-3)24-19-11-14(4)17(22)12-16-13-18(23)15(5)20(19)21(16,6)7/h14,16,18-19,23H,8-13H2,1-7H3/t14-,16-,18+,19-/m1/s1. The van der Waals surface area contributed by atoms with Gasteiger partial charge in [-0.15, -0.1) is 0 Å². The molecule has 0 aromatic carbocycles. The van der Waals surface area contributed by atoms with Crippen molar-refractivity contribution in [2.75, 3.05) is 0 Å². The Hall–Kier alpha value is -0.453. The summed E-state index contributed by atoms with van der Waals surface area (Å²) < 4.78 is 6.94. The number of rotatable bonds is 5. The predicted molar refractivity (Wildman–Crippen MR) is 106 cm³/mol. The van der Waals surface area contributed by atoms with Gasteiger partial charge in [0.05, 0.1) is 12.2 Å². The van der Waals surface area contributed by atoms with Crippen LogP contribution in [0.15, 0.2) is 11.1 Å². The average Bonchev–Trinajstić information content (AvgIpc) is 2.56. The lowest BCUT2D eigenvalue weighted by molar-refractivity contribution is -0.126. The molecule has 0 amide bonds. The maximum atomic E-state index is 12.7. The molecule has 0 aliphatic heterocycles. The van der Waals surface area contributed by atoms with Gasteiger partial charge in [0.25, 0.3) is 0 Å². The van der Waals surface area contributed by atoms with Crippen LogP contribution in [0, 0.1) is 17.3 Å². The fourth-order valence-electron chi connectivity index (χ4n) is 5.08. The summed E-state index contributed by atoms with van der Waals surface area (Å²) in [5.41, 5.74) is 2.31. The smallest absolute Gasteiger partial charge is 0.192 e. The average molecular weight is 367 g/mol. The van der Waals surface area contributed by atoms with Crippen LogP contribution in [0.3, 0.4) is 0 Å². The molecule has 0 aromatic rings. The van der Waals surface area contributed by atoms with Gasteiger partial charge in [0.15, 0.2) is 8.32 Å². The first kappa shape index (κ1) is 20.9. The number of hydrogen-bond donors (Lipinski definition) is 1. The molecular formula is C21H38O3Si. The molecule has 1 fully saturated rings. The summed E-state index contributed by atoms with van der Waals surface area (Å²) in [6.45, 7) is 15.4. The minimum atomic E-state index is -1.79. The van der Waals surface area contributed by atoms with Gasteiger partial charge in [-0.25, -0.2) is 0 Å². The van der Waals surface area contributed by atoms with Crippen LogP contribution in [0.1, 0.15) is 67.7 Å². The van der Waals surface area contributed by atoms with Crippen molar-refractivity contribution in [3.63, 3.8) is 0 Å². The Morgan fingerprint density at radius 2 is 1.72 bits per heavy atom. The maximum Gasteiger partial charge on any atom is 0.192 e. The zero-order valence-corrected chi connectivity index (χ0v) is 18.3.